The Labute approximate surface area is 586 Å². The molecule has 1 aromatic rings. The molecule has 24 heteroatoms. The van der Waals surface area contributed by atoms with Gasteiger partial charge < -0.3 is 117 Å². The largest absolute Gasteiger partial charge is 0.447 e. The minimum Gasteiger partial charge on any atom is -0.447 e. The van der Waals surface area contributed by atoms with E-state index in [-0.39, 0.29) is 132 Å². The number of alkyl carbamates (subject to hydrolysis) is 1. The van der Waals surface area contributed by atoms with E-state index in [0.29, 0.717) is 13.2 Å². The number of carbonyl (C=O) groups is 1. The molecule has 1 aromatic carbocycles. The summed E-state index contributed by atoms with van der Waals surface area (Å²) in [6, 6.07) is 8.09. The number of hydrogen-bond acceptors (Lipinski definition) is 23. The zero-order valence-electron chi connectivity index (χ0n) is 66.7. The molecular formula is C71H172N2O22. The highest BCUT2D eigenvalue weighted by atomic mass is 16.6. The topological polar surface area (TPSA) is 435 Å². The van der Waals surface area contributed by atoms with E-state index in [2.05, 4.69) is 50.6 Å². The second-order valence-corrected chi connectivity index (χ2v) is 17.4. The monoisotopic (exact) mass is 1410 g/mol. The van der Waals surface area contributed by atoms with Crippen LogP contribution in [-0.4, -0.2) is 273 Å². The molecule has 0 aliphatic rings. The molecule has 20 N–H and O–H groups in total. The van der Waals surface area contributed by atoms with Crippen molar-refractivity contribution in [2.24, 2.45) is 11.8 Å². The van der Waals surface area contributed by atoms with Crippen LogP contribution in [0.25, 0.3) is 5.57 Å². The third-order valence-electron chi connectivity index (χ3n) is 7.81. The van der Waals surface area contributed by atoms with Crippen molar-refractivity contribution in [3.05, 3.63) is 42.0 Å². The smallest absolute Gasteiger partial charge is 0.407 e. The highest BCUT2D eigenvalue weighted by molar-refractivity contribution is 5.69. The van der Waals surface area contributed by atoms with Crippen LogP contribution in [0.4, 0.5) is 4.79 Å². The number of nitrogens with one attached hydrogen (secondary N) is 1. The number of carbonyl (C=O) groups excluding carboxylic acids is 1. The van der Waals surface area contributed by atoms with Gasteiger partial charge in [-0.1, -0.05) is 90.2 Å². The van der Waals surface area contributed by atoms with Gasteiger partial charge in [0.05, 0.1) is 18.8 Å². The van der Waals surface area contributed by atoms with Crippen LogP contribution in [-0.2, 0) is 15.0 Å². The molecule has 1 rings (SSSR count). The zero-order chi connectivity index (χ0) is 79.8. The van der Waals surface area contributed by atoms with E-state index in [1.807, 2.05) is 39.0 Å². The van der Waals surface area contributed by atoms with Crippen LogP contribution in [0.5, 0.6) is 0 Å². The van der Waals surface area contributed by atoms with Crippen molar-refractivity contribution in [3.63, 3.8) is 0 Å². The molecule has 0 radical (unpaired) electrons. The Hall–Kier alpha value is -2.61. The van der Waals surface area contributed by atoms with Gasteiger partial charge in [0.2, 0.25) is 0 Å². The Morgan fingerprint density at radius 1 is 0.421 bits per heavy atom. The lowest BCUT2D eigenvalue weighted by molar-refractivity contribution is 0.0546. The summed E-state index contributed by atoms with van der Waals surface area (Å²) < 4.78 is 11.3. The predicted octanol–water partition coefficient (Wildman–Crippen LogP) is 8.41. The van der Waals surface area contributed by atoms with Gasteiger partial charge in [0.25, 0.3) is 0 Å². The van der Waals surface area contributed by atoms with Crippen LogP contribution in [0.15, 0.2) is 30.8 Å². The van der Waals surface area contributed by atoms with Gasteiger partial charge in [0.1, 0.15) is 6.61 Å². The fourth-order valence-electron chi connectivity index (χ4n) is 4.90. The molecule has 1 unspecified atom stereocenters. The summed E-state index contributed by atoms with van der Waals surface area (Å²) in [6.45, 7) is 60.4. The molecule has 0 aromatic heterocycles. The normalized spacial score (nSPS) is 8.66. The van der Waals surface area contributed by atoms with Gasteiger partial charge in [-0.05, 0) is 207 Å². The minimum absolute atomic E-state index is 0.247. The standard InChI is InChI=1S/C33H58N2O3.19C2H6O/c1-9-13-16-29(12-4)26-35(20-15-17-28(10-2)11-3)21-22-37-23-24-38-32(36)34-33(7,8)31-19-14-18-30(25-31)27(5)6;19*1-2-3/h14,18-19,25,28-29H,5,9-13,15-17,20-24,26H2,1-4,6-8H3,(H,34,36);19*3H,2H2,1H3. The summed E-state index contributed by atoms with van der Waals surface area (Å²) in [4.78, 5) is 15.0. The fourth-order valence-corrected chi connectivity index (χ4v) is 4.90. The number of aliphatic hydroxyl groups excluding tert-OH is 19. The van der Waals surface area contributed by atoms with E-state index in [1.54, 1.807) is 132 Å². The molecule has 24 nitrogen and oxygen atoms in total. The Bertz CT molecular complexity index is 1060. The molecule has 0 saturated heterocycles. The van der Waals surface area contributed by atoms with Crippen LogP contribution in [0, 0.1) is 11.8 Å². The van der Waals surface area contributed by atoms with Crippen LogP contribution < -0.4 is 5.32 Å². The second kappa shape index (κ2) is 180. The lowest BCUT2D eigenvalue weighted by atomic mass is 9.92. The number of amides is 1. The van der Waals surface area contributed by atoms with Gasteiger partial charge in [-0.25, -0.2) is 4.79 Å². The van der Waals surface area contributed by atoms with Gasteiger partial charge in [0, 0.05) is 139 Å². The second-order valence-electron chi connectivity index (χ2n) is 17.4. The quantitative estimate of drug-likeness (QED) is 0.0513. The molecule has 1 amide bonds. The fraction of sp³-hybridized carbons (Fsp3) is 0.873. The first-order chi connectivity index (χ1) is 45.0. The summed E-state index contributed by atoms with van der Waals surface area (Å²) in [7, 11) is 0. The van der Waals surface area contributed by atoms with Crippen molar-refractivity contribution < 1.29 is 111 Å². The minimum atomic E-state index is -0.550. The summed E-state index contributed by atoms with van der Waals surface area (Å²) >= 11 is 0. The lowest BCUT2D eigenvalue weighted by Crippen LogP contribution is -2.41. The summed E-state index contributed by atoms with van der Waals surface area (Å²) in [6.07, 6.45) is 9.82. The predicted molar refractivity (Wildman–Crippen MR) is 405 cm³/mol. The Kier molecular flexibility index (Phi) is 272. The highest BCUT2D eigenvalue weighted by Crippen LogP contribution is 2.24. The first-order valence-electron chi connectivity index (χ1n) is 34.6. The Balaban J connectivity index is -0.0000000483. The van der Waals surface area contributed by atoms with E-state index in [0.717, 1.165) is 48.2 Å². The van der Waals surface area contributed by atoms with Crippen LogP contribution in [0.1, 0.15) is 243 Å². The SMILES string of the molecule is C=C(C)c1cccc(C(C)(C)NC(=O)OCCOCCN(CCCC(CC)CC)CC(CC)CCCC)c1.CCO.CCO.CCO.CCO.CCO.CCO.CCO.CCO.CCO.CCO.CCO.CCO.CCO.CCO.CCO.CCO.CCO.CCO.CCO. The van der Waals surface area contributed by atoms with Crippen molar-refractivity contribution in [3.8, 4) is 0 Å². The van der Waals surface area contributed by atoms with E-state index < -0.39 is 11.6 Å². The van der Waals surface area contributed by atoms with Gasteiger partial charge >= 0.3 is 6.09 Å². The van der Waals surface area contributed by atoms with Crippen LogP contribution >= 0.6 is 0 Å². The van der Waals surface area contributed by atoms with Crippen LogP contribution in [0.3, 0.4) is 0 Å². The molecule has 95 heavy (non-hydrogen) atoms. The molecule has 0 aliphatic heterocycles. The van der Waals surface area contributed by atoms with Gasteiger partial charge in [-0.2, -0.15) is 0 Å². The van der Waals surface area contributed by atoms with E-state index in [1.165, 1.54) is 51.4 Å². The number of hydrogen-bond donors (Lipinski definition) is 20. The zero-order valence-corrected chi connectivity index (χ0v) is 66.7. The molecule has 0 bridgehead atoms. The first-order valence-corrected chi connectivity index (χ1v) is 34.6. The Morgan fingerprint density at radius 3 is 0.947 bits per heavy atom. The maximum absolute atomic E-state index is 12.4. The molecular weight excluding hydrogens is 1230 g/mol. The third-order valence-corrected chi connectivity index (χ3v) is 7.81. The lowest BCUT2D eigenvalue weighted by Gasteiger charge is -2.28. The molecule has 0 saturated carbocycles. The molecule has 0 spiro atoms. The maximum atomic E-state index is 12.4. The number of unbranched alkanes of at least 4 members (excludes halogenated alkanes) is 1. The number of rotatable bonds is 21. The summed E-state index contributed by atoms with van der Waals surface area (Å²) in [5, 5.41) is 147. The number of ether oxygens (including phenoxy) is 2. The number of benzene rings is 1. The number of nitrogens with zero attached hydrogens (tertiary/aromatic N) is 1. The summed E-state index contributed by atoms with van der Waals surface area (Å²) in [5.41, 5.74) is 2.53. The van der Waals surface area contributed by atoms with Crippen molar-refractivity contribution >= 4 is 11.7 Å². The van der Waals surface area contributed by atoms with Crippen molar-refractivity contribution in [1.82, 2.24) is 10.2 Å². The number of aliphatic hydroxyl groups is 19. The van der Waals surface area contributed by atoms with Crippen molar-refractivity contribution in [1.29, 1.82) is 0 Å². The van der Waals surface area contributed by atoms with E-state index in [9.17, 15) is 4.79 Å². The number of allylic oxidation sites excluding steroid dienone is 1. The van der Waals surface area contributed by atoms with E-state index >= 15 is 0 Å². The van der Waals surface area contributed by atoms with E-state index in [4.69, 9.17) is 106 Å². The molecule has 0 aliphatic carbocycles. The molecule has 0 fully saturated rings. The average molecular weight is 1410 g/mol. The third kappa shape index (κ3) is 277. The first kappa shape index (κ1) is 143. The Morgan fingerprint density at radius 2 is 0.695 bits per heavy atom. The molecule has 598 valence electrons. The molecule has 1 atom stereocenters. The van der Waals surface area contributed by atoms with Gasteiger partial charge in [0.15, 0.2) is 0 Å². The molecule has 0 heterocycles. The average Bonchev–Trinajstić information content (AvgIpc) is 0.851. The van der Waals surface area contributed by atoms with Gasteiger partial charge in [-0.15, -0.1) is 0 Å². The van der Waals surface area contributed by atoms with Crippen molar-refractivity contribution in [2.75, 3.05) is 165 Å². The maximum Gasteiger partial charge on any atom is 0.407 e. The van der Waals surface area contributed by atoms with Crippen LogP contribution in [0.2, 0.25) is 0 Å². The van der Waals surface area contributed by atoms with Crippen molar-refractivity contribution in [2.45, 2.75) is 237 Å². The van der Waals surface area contributed by atoms with Gasteiger partial charge in [-0.3, -0.25) is 0 Å². The highest BCUT2D eigenvalue weighted by Gasteiger charge is 2.24. The summed E-state index contributed by atoms with van der Waals surface area (Å²) in [5.74, 6) is 1.60.